The minimum atomic E-state index is -0.174. The fraction of sp³-hybridized carbons (Fsp3) is 0.500. The normalized spacial score (nSPS) is 17.8. The van der Waals surface area contributed by atoms with Crippen molar-refractivity contribution in [2.24, 2.45) is 0 Å². The Kier molecular flexibility index (Phi) is 5.67. The third-order valence-corrected chi connectivity index (χ3v) is 3.80. The Morgan fingerprint density at radius 2 is 2.35 bits per heavy atom. The Hall–Kier alpha value is -1.27. The van der Waals surface area contributed by atoms with E-state index in [-0.39, 0.29) is 12.1 Å². The number of nitrogens with one attached hydrogen (secondary N) is 2. The lowest BCUT2D eigenvalue weighted by Gasteiger charge is -2.12. The smallest absolute Gasteiger partial charge is 0.315 e. The zero-order valence-electron chi connectivity index (χ0n) is 11.4. The van der Waals surface area contributed by atoms with Crippen LogP contribution in [0, 0.1) is 0 Å². The zero-order chi connectivity index (χ0) is 14.4. The molecule has 2 N–H and O–H groups in total. The molecule has 0 aromatic heterocycles. The van der Waals surface area contributed by atoms with Crippen molar-refractivity contribution in [3.63, 3.8) is 0 Å². The molecular formula is C14H19BrN2O3. The minimum Gasteiger partial charge on any atom is -0.496 e. The van der Waals surface area contributed by atoms with Crippen molar-refractivity contribution in [3.8, 4) is 5.75 Å². The van der Waals surface area contributed by atoms with Crippen LogP contribution in [0.2, 0.25) is 0 Å². The molecule has 5 nitrogen and oxygen atoms in total. The highest BCUT2D eigenvalue weighted by molar-refractivity contribution is 9.10. The number of benzene rings is 1. The number of halogens is 1. The summed E-state index contributed by atoms with van der Waals surface area (Å²) in [6.07, 6.45) is 2.26. The Balaban J connectivity index is 1.73. The van der Waals surface area contributed by atoms with Crippen molar-refractivity contribution in [3.05, 3.63) is 28.2 Å². The van der Waals surface area contributed by atoms with E-state index in [1.54, 1.807) is 7.11 Å². The number of carbonyl (C=O) groups excluding carboxylic acids is 1. The SMILES string of the molecule is COc1ccc(CNC(=O)NC[C@@H]2CCCO2)cc1Br. The van der Waals surface area contributed by atoms with Crippen LogP contribution in [0.25, 0.3) is 0 Å². The van der Waals surface area contributed by atoms with E-state index >= 15 is 0 Å². The van der Waals surface area contributed by atoms with E-state index in [1.165, 1.54) is 0 Å². The van der Waals surface area contributed by atoms with Gasteiger partial charge in [0.15, 0.2) is 0 Å². The molecule has 1 atom stereocenters. The second kappa shape index (κ2) is 7.50. The van der Waals surface area contributed by atoms with Crippen LogP contribution in [-0.2, 0) is 11.3 Å². The van der Waals surface area contributed by atoms with E-state index in [0.29, 0.717) is 13.1 Å². The molecule has 110 valence electrons. The maximum Gasteiger partial charge on any atom is 0.315 e. The van der Waals surface area contributed by atoms with Crippen LogP contribution < -0.4 is 15.4 Å². The monoisotopic (exact) mass is 342 g/mol. The van der Waals surface area contributed by atoms with Crippen LogP contribution in [0.3, 0.4) is 0 Å². The molecule has 0 saturated carbocycles. The first kappa shape index (κ1) is 15.1. The summed E-state index contributed by atoms with van der Waals surface area (Å²) in [4.78, 5) is 11.7. The molecule has 0 aliphatic carbocycles. The number of rotatable bonds is 5. The van der Waals surface area contributed by atoms with Crippen molar-refractivity contribution < 1.29 is 14.3 Å². The largest absolute Gasteiger partial charge is 0.496 e. The van der Waals surface area contributed by atoms with Gasteiger partial charge in [-0.15, -0.1) is 0 Å². The van der Waals surface area contributed by atoms with Gasteiger partial charge in [0.05, 0.1) is 17.7 Å². The van der Waals surface area contributed by atoms with E-state index in [4.69, 9.17) is 9.47 Å². The fourth-order valence-corrected chi connectivity index (χ4v) is 2.66. The number of hydrogen-bond donors (Lipinski definition) is 2. The Morgan fingerprint density at radius 1 is 1.50 bits per heavy atom. The summed E-state index contributed by atoms with van der Waals surface area (Å²) in [5.74, 6) is 0.775. The Labute approximate surface area is 127 Å². The Bertz CT molecular complexity index is 462. The molecule has 0 spiro atoms. The fourth-order valence-electron chi connectivity index (χ4n) is 2.08. The molecule has 0 radical (unpaired) electrons. The first-order valence-electron chi connectivity index (χ1n) is 6.65. The molecule has 6 heteroatoms. The second-order valence-corrected chi connectivity index (χ2v) is 5.52. The summed E-state index contributed by atoms with van der Waals surface area (Å²) in [6.45, 7) is 1.84. The molecule has 1 saturated heterocycles. The molecule has 1 aliphatic heterocycles. The third-order valence-electron chi connectivity index (χ3n) is 3.18. The first-order valence-corrected chi connectivity index (χ1v) is 7.44. The quantitative estimate of drug-likeness (QED) is 0.863. The molecule has 1 aromatic rings. The van der Waals surface area contributed by atoms with Gasteiger partial charge in [0, 0.05) is 19.7 Å². The number of ether oxygens (including phenoxy) is 2. The zero-order valence-corrected chi connectivity index (χ0v) is 13.0. The van der Waals surface area contributed by atoms with Crippen LogP contribution in [0.1, 0.15) is 18.4 Å². The van der Waals surface area contributed by atoms with E-state index in [9.17, 15) is 4.79 Å². The summed E-state index contributed by atoms with van der Waals surface area (Å²) in [7, 11) is 1.62. The van der Waals surface area contributed by atoms with Gasteiger partial charge in [-0.2, -0.15) is 0 Å². The van der Waals surface area contributed by atoms with Crippen LogP contribution in [-0.4, -0.2) is 32.4 Å². The molecule has 1 aliphatic rings. The van der Waals surface area contributed by atoms with E-state index in [1.807, 2.05) is 18.2 Å². The Morgan fingerprint density at radius 3 is 3.00 bits per heavy atom. The molecule has 2 rings (SSSR count). The van der Waals surface area contributed by atoms with Crippen molar-refractivity contribution in [2.75, 3.05) is 20.3 Å². The topological polar surface area (TPSA) is 59.6 Å². The predicted octanol–water partition coefficient (Wildman–Crippen LogP) is 2.44. The second-order valence-electron chi connectivity index (χ2n) is 4.67. The van der Waals surface area contributed by atoms with Crippen molar-refractivity contribution >= 4 is 22.0 Å². The lowest BCUT2D eigenvalue weighted by atomic mass is 10.2. The summed E-state index contributed by atoms with van der Waals surface area (Å²) in [6, 6.07) is 5.54. The number of amides is 2. The molecule has 0 bridgehead atoms. The molecule has 1 fully saturated rings. The first-order chi connectivity index (χ1) is 9.69. The summed E-state index contributed by atoms with van der Waals surface area (Å²) in [5.41, 5.74) is 1.00. The molecule has 1 heterocycles. The highest BCUT2D eigenvalue weighted by Gasteiger charge is 2.15. The molecule has 20 heavy (non-hydrogen) atoms. The van der Waals surface area contributed by atoms with Crippen LogP contribution >= 0.6 is 15.9 Å². The lowest BCUT2D eigenvalue weighted by molar-refractivity contribution is 0.111. The van der Waals surface area contributed by atoms with Crippen LogP contribution in [0.5, 0.6) is 5.75 Å². The summed E-state index contributed by atoms with van der Waals surface area (Å²) < 4.78 is 11.5. The van der Waals surface area contributed by atoms with Gasteiger partial charge in [-0.3, -0.25) is 0 Å². The van der Waals surface area contributed by atoms with Gasteiger partial charge in [0.1, 0.15) is 5.75 Å². The van der Waals surface area contributed by atoms with Crippen molar-refractivity contribution in [1.29, 1.82) is 0 Å². The predicted molar refractivity (Wildman–Crippen MR) is 79.9 cm³/mol. The highest BCUT2D eigenvalue weighted by Crippen LogP contribution is 2.25. The van der Waals surface area contributed by atoms with Crippen LogP contribution in [0.15, 0.2) is 22.7 Å². The number of carbonyl (C=O) groups is 1. The van der Waals surface area contributed by atoms with Gasteiger partial charge < -0.3 is 20.1 Å². The van der Waals surface area contributed by atoms with Gasteiger partial charge in [-0.1, -0.05) is 6.07 Å². The summed E-state index contributed by atoms with van der Waals surface area (Å²) in [5, 5.41) is 5.64. The standard InChI is InChI=1S/C14H19BrN2O3/c1-19-13-5-4-10(7-12(13)15)8-16-14(18)17-9-11-3-2-6-20-11/h4-5,7,11H,2-3,6,8-9H2,1H3,(H2,16,17,18)/t11-/m0/s1. The highest BCUT2D eigenvalue weighted by atomic mass is 79.9. The van der Waals surface area contributed by atoms with Gasteiger partial charge in [0.2, 0.25) is 0 Å². The van der Waals surface area contributed by atoms with E-state index < -0.39 is 0 Å². The number of hydrogen-bond acceptors (Lipinski definition) is 3. The average Bonchev–Trinajstić information content (AvgIpc) is 2.96. The third kappa shape index (κ3) is 4.38. The van der Waals surface area contributed by atoms with Gasteiger partial charge in [-0.05, 0) is 46.5 Å². The van der Waals surface area contributed by atoms with E-state index in [2.05, 4.69) is 26.6 Å². The van der Waals surface area contributed by atoms with Gasteiger partial charge in [-0.25, -0.2) is 4.79 Å². The average molecular weight is 343 g/mol. The summed E-state index contributed by atoms with van der Waals surface area (Å²) >= 11 is 3.42. The maximum absolute atomic E-state index is 11.7. The molecule has 2 amide bonds. The van der Waals surface area contributed by atoms with E-state index in [0.717, 1.165) is 35.2 Å². The van der Waals surface area contributed by atoms with Crippen molar-refractivity contribution in [2.45, 2.75) is 25.5 Å². The molecule has 0 unspecified atom stereocenters. The van der Waals surface area contributed by atoms with Crippen LogP contribution in [0.4, 0.5) is 4.79 Å². The number of urea groups is 1. The maximum atomic E-state index is 11.7. The van der Waals surface area contributed by atoms with Gasteiger partial charge >= 0.3 is 6.03 Å². The minimum absolute atomic E-state index is 0.163. The van der Waals surface area contributed by atoms with Gasteiger partial charge in [0.25, 0.3) is 0 Å². The molecular weight excluding hydrogens is 324 g/mol. The lowest BCUT2D eigenvalue weighted by Crippen LogP contribution is -2.39. The number of methoxy groups -OCH3 is 1. The molecule has 1 aromatic carbocycles. The van der Waals surface area contributed by atoms with Crippen molar-refractivity contribution in [1.82, 2.24) is 10.6 Å².